The van der Waals surface area contributed by atoms with Gasteiger partial charge in [0.05, 0.1) is 0 Å². The lowest BCUT2D eigenvalue weighted by Gasteiger charge is -2.24. The third kappa shape index (κ3) is 4.45. The first-order valence-electron chi connectivity index (χ1n) is 5.67. The highest BCUT2D eigenvalue weighted by atomic mass is 16.7. The average Bonchev–Trinajstić information content (AvgIpc) is 2.31. The zero-order valence-electron chi connectivity index (χ0n) is 10.7. The van der Waals surface area contributed by atoms with Gasteiger partial charge in [-0.2, -0.15) is 0 Å². The Morgan fingerprint density at radius 2 is 1.94 bits per heavy atom. The SMILES string of the molecule is CCC(=O)Nc1ccc(OC(C)(C)OC=O)cc1. The molecule has 0 heterocycles. The molecule has 0 spiro atoms. The van der Waals surface area contributed by atoms with E-state index in [1.807, 2.05) is 0 Å². The zero-order valence-corrected chi connectivity index (χ0v) is 10.7. The van der Waals surface area contributed by atoms with E-state index in [9.17, 15) is 9.59 Å². The van der Waals surface area contributed by atoms with Crippen molar-refractivity contribution < 1.29 is 19.1 Å². The van der Waals surface area contributed by atoms with Gasteiger partial charge in [0, 0.05) is 26.0 Å². The molecule has 18 heavy (non-hydrogen) atoms. The van der Waals surface area contributed by atoms with Crippen LogP contribution in [0.25, 0.3) is 0 Å². The number of ether oxygens (including phenoxy) is 2. The maximum absolute atomic E-state index is 11.2. The van der Waals surface area contributed by atoms with Crippen molar-refractivity contribution in [2.24, 2.45) is 0 Å². The molecule has 0 aromatic heterocycles. The van der Waals surface area contributed by atoms with Crippen molar-refractivity contribution in [2.75, 3.05) is 5.32 Å². The molecule has 1 aromatic rings. The molecular weight excluding hydrogens is 234 g/mol. The van der Waals surface area contributed by atoms with Crippen molar-refractivity contribution in [3.63, 3.8) is 0 Å². The van der Waals surface area contributed by atoms with Gasteiger partial charge in [-0.05, 0) is 24.3 Å². The summed E-state index contributed by atoms with van der Waals surface area (Å²) in [5, 5.41) is 2.72. The highest BCUT2D eigenvalue weighted by molar-refractivity contribution is 5.90. The van der Waals surface area contributed by atoms with Gasteiger partial charge in [0.15, 0.2) is 0 Å². The van der Waals surface area contributed by atoms with Crippen LogP contribution in [0.5, 0.6) is 5.75 Å². The van der Waals surface area contributed by atoms with Crippen LogP contribution in [0.1, 0.15) is 27.2 Å². The summed E-state index contributed by atoms with van der Waals surface area (Å²) in [7, 11) is 0. The predicted octanol–water partition coefficient (Wildman–Crippen LogP) is 2.32. The first-order valence-corrected chi connectivity index (χ1v) is 5.67. The monoisotopic (exact) mass is 251 g/mol. The molecule has 0 unspecified atom stereocenters. The minimum Gasteiger partial charge on any atom is -0.453 e. The molecule has 0 bridgehead atoms. The fourth-order valence-electron chi connectivity index (χ4n) is 1.28. The number of amides is 1. The van der Waals surface area contributed by atoms with E-state index in [0.29, 0.717) is 24.3 Å². The first kappa shape index (κ1) is 14.0. The van der Waals surface area contributed by atoms with Crippen LogP contribution < -0.4 is 10.1 Å². The van der Waals surface area contributed by atoms with Crippen LogP contribution >= 0.6 is 0 Å². The van der Waals surface area contributed by atoms with Crippen molar-refractivity contribution >= 4 is 18.1 Å². The Morgan fingerprint density at radius 1 is 1.33 bits per heavy atom. The molecule has 1 rings (SSSR count). The van der Waals surface area contributed by atoms with E-state index in [-0.39, 0.29) is 5.91 Å². The Morgan fingerprint density at radius 3 is 2.44 bits per heavy atom. The van der Waals surface area contributed by atoms with Gasteiger partial charge in [0.2, 0.25) is 11.7 Å². The summed E-state index contributed by atoms with van der Waals surface area (Å²) in [6.45, 7) is 5.39. The Labute approximate surface area is 106 Å². The number of anilines is 1. The molecule has 0 atom stereocenters. The second-order valence-corrected chi connectivity index (χ2v) is 4.14. The summed E-state index contributed by atoms with van der Waals surface area (Å²) >= 11 is 0. The largest absolute Gasteiger partial charge is 0.453 e. The highest BCUT2D eigenvalue weighted by Gasteiger charge is 2.20. The maximum atomic E-state index is 11.2. The third-order valence-corrected chi connectivity index (χ3v) is 2.15. The number of carbonyl (C=O) groups excluding carboxylic acids is 2. The number of carbonyl (C=O) groups is 2. The Bertz CT molecular complexity index is 412. The van der Waals surface area contributed by atoms with E-state index in [2.05, 4.69) is 5.32 Å². The summed E-state index contributed by atoms with van der Waals surface area (Å²) in [5.74, 6) is -0.514. The van der Waals surface area contributed by atoms with Gasteiger partial charge >= 0.3 is 0 Å². The van der Waals surface area contributed by atoms with Gasteiger partial charge in [0.25, 0.3) is 6.47 Å². The topological polar surface area (TPSA) is 64.6 Å². The van der Waals surface area contributed by atoms with Gasteiger partial charge in [-0.25, -0.2) is 0 Å². The smallest absolute Gasteiger partial charge is 0.296 e. The van der Waals surface area contributed by atoms with Crippen LogP contribution in [0.4, 0.5) is 5.69 Å². The molecular formula is C13H17NO4. The van der Waals surface area contributed by atoms with Gasteiger partial charge in [-0.15, -0.1) is 0 Å². The van der Waals surface area contributed by atoms with E-state index >= 15 is 0 Å². The Kier molecular flexibility index (Phi) is 4.71. The highest BCUT2D eigenvalue weighted by Crippen LogP contribution is 2.21. The molecule has 5 heteroatoms. The van der Waals surface area contributed by atoms with E-state index < -0.39 is 5.79 Å². The molecule has 0 fully saturated rings. The zero-order chi connectivity index (χ0) is 13.6. The average molecular weight is 251 g/mol. The molecule has 0 aliphatic heterocycles. The summed E-state index contributed by atoms with van der Waals surface area (Å²) in [4.78, 5) is 21.4. The van der Waals surface area contributed by atoms with Crippen molar-refractivity contribution in [3.8, 4) is 5.75 Å². The van der Waals surface area contributed by atoms with Crippen LogP contribution in [-0.2, 0) is 14.3 Å². The van der Waals surface area contributed by atoms with Crippen LogP contribution in [0.2, 0.25) is 0 Å². The minimum atomic E-state index is -1.02. The molecule has 1 N–H and O–H groups in total. The molecule has 0 radical (unpaired) electrons. The van der Waals surface area contributed by atoms with Gasteiger partial charge in [-0.1, -0.05) is 6.92 Å². The minimum absolute atomic E-state index is 0.0479. The Balaban J connectivity index is 2.65. The standard InChI is InChI=1S/C13H17NO4/c1-4-12(16)14-10-5-7-11(8-6-10)18-13(2,3)17-9-15/h5-9H,4H2,1-3H3,(H,14,16). The van der Waals surface area contributed by atoms with Crippen molar-refractivity contribution in [2.45, 2.75) is 33.0 Å². The summed E-state index contributed by atoms with van der Waals surface area (Å²) < 4.78 is 10.2. The predicted molar refractivity (Wildman–Crippen MR) is 67.2 cm³/mol. The van der Waals surface area contributed by atoms with E-state index in [1.54, 1.807) is 45.0 Å². The van der Waals surface area contributed by atoms with E-state index in [4.69, 9.17) is 9.47 Å². The molecule has 0 saturated heterocycles. The lowest BCUT2D eigenvalue weighted by molar-refractivity contribution is -0.170. The first-order chi connectivity index (χ1) is 8.46. The molecule has 1 aromatic carbocycles. The summed E-state index contributed by atoms with van der Waals surface area (Å²) in [6.07, 6.45) is 0.429. The summed E-state index contributed by atoms with van der Waals surface area (Å²) in [5.41, 5.74) is 0.698. The van der Waals surface area contributed by atoms with Crippen LogP contribution in [0.15, 0.2) is 24.3 Å². The molecule has 0 saturated carbocycles. The van der Waals surface area contributed by atoms with Crippen LogP contribution in [0, 0.1) is 0 Å². The number of hydrogen-bond acceptors (Lipinski definition) is 4. The number of rotatable bonds is 6. The van der Waals surface area contributed by atoms with Crippen LogP contribution in [0.3, 0.4) is 0 Å². The van der Waals surface area contributed by atoms with Crippen molar-refractivity contribution in [3.05, 3.63) is 24.3 Å². The van der Waals surface area contributed by atoms with Gasteiger partial charge in [0.1, 0.15) is 5.75 Å². The maximum Gasteiger partial charge on any atom is 0.296 e. The second-order valence-electron chi connectivity index (χ2n) is 4.14. The van der Waals surface area contributed by atoms with E-state index in [0.717, 1.165) is 0 Å². The molecule has 0 aliphatic carbocycles. The lowest BCUT2D eigenvalue weighted by atomic mass is 10.3. The fraction of sp³-hybridized carbons (Fsp3) is 0.385. The number of benzene rings is 1. The molecule has 0 aliphatic rings. The fourth-order valence-corrected chi connectivity index (χ4v) is 1.28. The normalized spacial score (nSPS) is 10.6. The van der Waals surface area contributed by atoms with E-state index in [1.165, 1.54) is 0 Å². The Hall–Kier alpha value is -2.04. The van der Waals surface area contributed by atoms with Gasteiger partial charge < -0.3 is 14.8 Å². The van der Waals surface area contributed by atoms with Crippen molar-refractivity contribution in [1.29, 1.82) is 0 Å². The second kappa shape index (κ2) is 6.05. The third-order valence-electron chi connectivity index (χ3n) is 2.15. The summed E-state index contributed by atoms with van der Waals surface area (Å²) in [6, 6.07) is 6.84. The lowest BCUT2D eigenvalue weighted by Crippen LogP contribution is -2.31. The molecule has 5 nitrogen and oxygen atoms in total. The molecule has 98 valence electrons. The van der Waals surface area contributed by atoms with Crippen molar-refractivity contribution in [1.82, 2.24) is 0 Å². The molecule has 1 amide bonds. The van der Waals surface area contributed by atoms with Crippen LogP contribution in [-0.4, -0.2) is 18.2 Å². The number of nitrogens with one attached hydrogen (secondary N) is 1. The quantitative estimate of drug-likeness (QED) is 0.622. The van der Waals surface area contributed by atoms with Gasteiger partial charge in [-0.3, -0.25) is 9.59 Å². The number of hydrogen-bond donors (Lipinski definition) is 1.